The molecule has 1 N–H and O–H groups in total. The Bertz CT molecular complexity index is 484. The van der Waals surface area contributed by atoms with E-state index in [0.29, 0.717) is 13.0 Å². The van der Waals surface area contributed by atoms with Crippen molar-refractivity contribution in [3.05, 3.63) is 23.3 Å². The van der Waals surface area contributed by atoms with Gasteiger partial charge in [-0.3, -0.25) is 0 Å². The molecule has 0 saturated carbocycles. The molecular formula is C19H32O3. The third kappa shape index (κ3) is 4.39. The summed E-state index contributed by atoms with van der Waals surface area (Å²) in [6.07, 6.45) is 1.66. The summed E-state index contributed by atoms with van der Waals surface area (Å²) in [7, 11) is 1.73. The molecule has 0 aliphatic rings. The average molecular weight is 308 g/mol. The molecule has 0 atom stereocenters. The molecule has 3 heteroatoms. The maximum Gasteiger partial charge on any atom is 0.123 e. The first-order chi connectivity index (χ1) is 10.2. The molecule has 22 heavy (non-hydrogen) atoms. The maximum atomic E-state index is 8.98. The number of methoxy groups -OCH3 is 1. The largest absolute Gasteiger partial charge is 0.496 e. The minimum atomic E-state index is -0.0310. The van der Waals surface area contributed by atoms with Crippen molar-refractivity contribution >= 4 is 0 Å². The van der Waals surface area contributed by atoms with Crippen LogP contribution in [0.2, 0.25) is 0 Å². The molecule has 0 spiro atoms. The molecule has 0 bridgehead atoms. The van der Waals surface area contributed by atoms with E-state index in [1.165, 1.54) is 5.56 Å². The lowest BCUT2D eigenvalue weighted by Crippen LogP contribution is -2.20. The SMILES string of the molecule is CCC(C)(C)c1cc(OCCCO)c(C(C)(C)C)cc1OC. The zero-order valence-electron chi connectivity index (χ0n) is 15.2. The second-order valence-corrected chi connectivity index (χ2v) is 7.46. The van der Waals surface area contributed by atoms with Crippen LogP contribution in [0.4, 0.5) is 0 Å². The van der Waals surface area contributed by atoms with E-state index < -0.39 is 0 Å². The van der Waals surface area contributed by atoms with E-state index in [9.17, 15) is 0 Å². The highest BCUT2D eigenvalue weighted by molar-refractivity contribution is 5.51. The van der Waals surface area contributed by atoms with Crippen LogP contribution in [0, 0.1) is 0 Å². The van der Waals surface area contributed by atoms with Crippen LogP contribution in [0.5, 0.6) is 11.5 Å². The van der Waals surface area contributed by atoms with Gasteiger partial charge >= 0.3 is 0 Å². The summed E-state index contributed by atoms with van der Waals surface area (Å²) in [5.41, 5.74) is 2.30. The van der Waals surface area contributed by atoms with Gasteiger partial charge in [0.25, 0.3) is 0 Å². The van der Waals surface area contributed by atoms with Gasteiger partial charge in [-0.2, -0.15) is 0 Å². The van der Waals surface area contributed by atoms with Gasteiger partial charge in [-0.05, 0) is 29.4 Å². The highest BCUT2D eigenvalue weighted by Gasteiger charge is 2.28. The van der Waals surface area contributed by atoms with Crippen molar-refractivity contribution in [2.45, 2.75) is 65.2 Å². The van der Waals surface area contributed by atoms with Crippen LogP contribution in [-0.4, -0.2) is 25.4 Å². The van der Waals surface area contributed by atoms with Gasteiger partial charge in [-0.25, -0.2) is 0 Å². The van der Waals surface area contributed by atoms with Gasteiger partial charge in [-0.1, -0.05) is 41.5 Å². The van der Waals surface area contributed by atoms with Gasteiger partial charge in [0.1, 0.15) is 11.5 Å². The second kappa shape index (κ2) is 7.36. The Morgan fingerprint density at radius 1 is 1.00 bits per heavy atom. The number of rotatable bonds is 7. The number of aliphatic hydroxyl groups is 1. The molecule has 1 aromatic carbocycles. The van der Waals surface area contributed by atoms with Crippen LogP contribution >= 0.6 is 0 Å². The van der Waals surface area contributed by atoms with Crippen molar-refractivity contribution in [3.63, 3.8) is 0 Å². The van der Waals surface area contributed by atoms with Crippen LogP contribution in [0.15, 0.2) is 12.1 Å². The molecule has 0 amide bonds. The minimum Gasteiger partial charge on any atom is -0.496 e. The molecule has 3 nitrogen and oxygen atoms in total. The first-order valence-corrected chi connectivity index (χ1v) is 8.14. The fourth-order valence-corrected chi connectivity index (χ4v) is 2.40. The molecule has 1 aromatic rings. The van der Waals surface area contributed by atoms with Gasteiger partial charge in [0.2, 0.25) is 0 Å². The monoisotopic (exact) mass is 308 g/mol. The number of aliphatic hydroxyl groups excluding tert-OH is 1. The fourth-order valence-electron chi connectivity index (χ4n) is 2.40. The van der Waals surface area contributed by atoms with E-state index in [1.54, 1.807) is 7.11 Å². The van der Waals surface area contributed by atoms with E-state index >= 15 is 0 Å². The molecule has 126 valence electrons. The molecule has 0 aliphatic heterocycles. The van der Waals surface area contributed by atoms with Crippen molar-refractivity contribution in [2.24, 2.45) is 0 Å². The van der Waals surface area contributed by atoms with E-state index in [4.69, 9.17) is 14.6 Å². The fraction of sp³-hybridized carbons (Fsp3) is 0.684. The summed E-state index contributed by atoms with van der Waals surface area (Å²) >= 11 is 0. The van der Waals surface area contributed by atoms with Crippen molar-refractivity contribution in [1.82, 2.24) is 0 Å². The quantitative estimate of drug-likeness (QED) is 0.757. The highest BCUT2D eigenvalue weighted by atomic mass is 16.5. The number of ether oxygens (including phenoxy) is 2. The average Bonchev–Trinajstić information content (AvgIpc) is 2.45. The molecule has 0 radical (unpaired) electrons. The highest BCUT2D eigenvalue weighted by Crippen LogP contribution is 2.42. The van der Waals surface area contributed by atoms with Crippen molar-refractivity contribution < 1.29 is 14.6 Å². The molecular weight excluding hydrogens is 276 g/mol. The topological polar surface area (TPSA) is 38.7 Å². The van der Waals surface area contributed by atoms with E-state index in [0.717, 1.165) is 23.5 Å². The predicted octanol–water partition coefficient (Wildman–Crippen LogP) is 4.44. The Hall–Kier alpha value is -1.22. The van der Waals surface area contributed by atoms with Crippen LogP contribution in [0.3, 0.4) is 0 Å². The molecule has 0 fully saturated rings. The number of hydrogen-bond acceptors (Lipinski definition) is 3. The molecule has 0 saturated heterocycles. The van der Waals surface area contributed by atoms with Crippen LogP contribution in [0.25, 0.3) is 0 Å². The molecule has 0 aromatic heterocycles. The van der Waals surface area contributed by atoms with Gasteiger partial charge < -0.3 is 14.6 Å². The van der Waals surface area contributed by atoms with Crippen LogP contribution in [0.1, 0.15) is 65.5 Å². The van der Waals surface area contributed by atoms with E-state index in [2.05, 4.69) is 53.7 Å². The summed E-state index contributed by atoms with van der Waals surface area (Å²) in [6.45, 7) is 13.8. The summed E-state index contributed by atoms with van der Waals surface area (Å²) in [5, 5.41) is 8.98. The third-order valence-corrected chi connectivity index (χ3v) is 4.28. The van der Waals surface area contributed by atoms with E-state index in [-0.39, 0.29) is 17.4 Å². The van der Waals surface area contributed by atoms with Crippen LogP contribution in [-0.2, 0) is 10.8 Å². The Kier molecular flexibility index (Phi) is 6.30. The van der Waals surface area contributed by atoms with Gasteiger partial charge in [0, 0.05) is 24.2 Å². The lowest BCUT2D eigenvalue weighted by atomic mass is 9.78. The second-order valence-electron chi connectivity index (χ2n) is 7.46. The number of hydrogen-bond donors (Lipinski definition) is 1. The van der Waals surface area contributed by atoms with E-state index in [1.807, 2.05) is 0 Å². The molecule has 0 heterocycles. The third-order valence-electron chi connectivity index (χ3n) is 4.28. The Labute approximate surface area is 135 Å². The van der Waals surface area contributed by atoms with Gasteiger partial charge in [0.15, 0.2) is 0 Å². The first-order valence-electron chi connectivity index (χ1n) is 8.14. The van der Waals surface area contributed by atoms with Gasteiger partial charge in [-0.15, -0.1) is 0 Å². The van der Waals surface area contributed by atoms with Crippen molar-refractivity contribution in [2.75, 3.05) is 20.3 Å². The zero-order valence-corrected chi connectivity index (χ0v) is 15.2. The van der Waals surface area contributed by atoms with Crippen LogP contribution < -0.4 is 9.47 Å². The predicted molar refractivity (Wildman–Crippen MR) is 92.2 cm³/mol. The first kappa shape index (κ1) is 18.8. The standard InChI is InChI=1S/C19H32O3/c1-8-19(5,6)15-13-17(22-11-9-10-20)14(18(2,3)4)12-16(15)21-7/h12-13,20H,8-11H2,1-7H3. The van der Waals surface area contributed by atoms with Crippen molar-refractivity contribution in [3.8, 4) is 11.5 Å². The Balaban J connectivity index is 3.39. The Morgan fingerprint density at radius 2 is 1.59 bits per heavy atom. The van der Waals surface area contributed by atoms with Crippen molar-refractivity contribution in [1.29, 1.82) is 0 Å². The summed E-state index contributed by atoms with van der Waals surface area (Å²) in [6, 6.07) is 4.24. The smallest absolute Gasteiger partial charge is 0.123 e. The molecule has 1 rings (SSSR count). The van der Waals surface area contributed by atoms with Gasteiger partial charge in [0.05, 0.1) is 13.7 Å². The minimum absolute atomic E-state index is 0.0246. The zero-order chi connectivity index (χ0) is 17.0. The molecule has 0 aliphatic carbocycles. The summed E-state index contributed by atoms with van der Waals surface area (Å²) in [5.74, 6) is 1.82. The normalized spacial score (nSPS) is 12.4. The summed E-state index contributed by atoms with van der Waals surface area (Å²) < 4.78 is 11.6. The lowest BCUT2D eigenvalue weighted by Gasteiger charge is -2.30. The molecule has 0 unspecified atom stereocenters. The lowest BCUT2D eigenvalue weighted by molar-refractivity contribution is 0.230. The Morgan fingerprint density at radius 3 is 2.05 bits per heavy atom. The summed E-state index contributed by atoms with van der Waals surface area (Å²) in [4.78, 5) is 0. The number of benzene rings is 1. The maximum absolute atomic E-state index is 8.98.